The van der Waals surface area contributed by atoms with Crippen LogP contribution in [0.2, 0.25) is 0 Å². The highest BCUT2D eigenvalue weighted by Crippen LogP contribution is 2.06. The zero-order valence-electron chi connectivity index (χ0n) is 10.2. The van der Waals surface area contributed by atoms with Crippen LogP contribution < -0.4 is 16.0 Å². The molecule has 94 valence electrons. The minimum Gasteiger partial charge on any atom is -0.373 e. The number of hydrogen-bond acceptors (Lipinski definition) is 6. The molecule has 0 atom stereocenters. The van der Waals surface area contributed by atoms with Crippen molar-refractivity contribution in [3.05, 3.63) is 12.4 Å². The molecule has 1 fully saturated rings. The van der Waals surface area contributed by atoms with Gasteiger partial charge in [-0.15, -0.1) is 0 Å². The molecule has 0 bridgehead atoms. The standard InChI is InChI=1S/C11H20N6/c1-12-10-8-11(16-9-15-10)14-4-7-17-5-2-13-3-6-17/h8-9,13H,2-7H2,1H3,(H2,12,14,15,16). The zero-order valence-corrected chi connectivity index (χ0v) is 10.2. The number of anilines is 2. The molecule has 3 N–H and O–H groups in total. The largest absolute Gasteiger partial charge is 0.373 e. The molecule has 6 heteroatoms. The summed E-state index contributed by atoms with van der Waals surface area (Å²) in [5.74, 6) is 1.71. The smallest absolute Gasteiger partial charge is 0.131 e. The van der Waals surface area contributed by atoms with Crippen molar-refractivity contribution in [1.82, 2.24) is 20.2 Å². The molecule has 0 spiro atoms. The summed E-state index contributed by atoms with van der Waals surface area (Å²) in [5.41, 5.74) is 0. The molecule has 0 radical (unpaired) electrons. The fraction of sp³-hybridized carbons (Fsp3) is 0.636. The topological polar surface area (TPSA) is 65.1 Å². The van der Waals surface area contributed by atoms with E-state index < -0.39 is 0 Å². The Balaban J connectivity index is 1.73. The first-order valence-corrected chi connectivity index (χ1v) is 6.05. The molecule has 0 saturated carbocycles. The molecular weight excluding hydrogens is 216 g/mol. The third-order valence-corrected chi connectivity index (χ3v) is 2.87. The lowest BCUT2D eigenvalue weighted by Gasteiger charge is -2.27. The lowest BCUT2D eigenvalue weighted by atomic mass is 10.3. The predicted octanol–water partition coefficient (Wildman–Crippen LogP) is -0.165. The Kier molecular flexibility index (Phi) is 4.52. The summed E-state index contributed by atoms with van der Waals surface area (Å²) >= 11 is 0. The second kappa shape index (κ2) is 6.36. The van der Waals surface area contributed by atoms with Crippen molar-refractivity contribution in [3.8, 4) is 0 Å². The number of piperazine rings is 1. The van der Waals surface area contributed by atoms with Gasteiger partial charge >= 0.3 is 0 Å². The van der Waals surface area contributed by atoms with E-state index in [-0.39, 0.29) is 0 Å². The third kappa shape index (κ3) is 3.83. The highest BCUT2D eigenvalue weighted by atomic mass is 15.2. The monoisotopic (exact) mass is 236 g/mol. The highest BCUT2D eigenvalue weighted by molar-refractivity contribution is 5.45. The average molecular weight is 236 g/mol. The van der Waals surface area contributed by atoms with Gasteiger partial charge in [-0.25, -0.2) is 9.97 Å². The van der Waals surface area contributed by atoms with Crippen LogP contribution in [-0.4, -0.2) is 61.2 Å². The molecule has 6 nitrogen and oxygen atoms in total. The van der Waals surface area contributed by atoms with E-state index in [4.69, 9.17) is 0 Å². The summed E-state index contributed by atoms with van der Waals surface area (Å²) in [6.45, 7) is 6.43. The first-order chi connectivity index (χ1) is 8.38. The molecule has 2 rings (SSSR count). The summed E-state index contributed by atoms with van der Waals surface area (Å²) in [5, 5.41) is 9.66. The van der Waals surface area contributed by atoms with E-state index >= 15 is 0 Å². The summed E-state index contributed by atoms with van der Waals surface area (Å²) in [4.78, 5) is 10.7. The molecular formula is C11H20N6. The van der Waals surface area contributed by atoms with Gasteiger partial charge in [-0.05, 0) is 0 Å². The van der Waals surface area contributed by atoms with Crippen molar-refractivity contribution in [1.29, 1.82) is 0 Å². The van der Waals surface area contributed by atoms with Crippen LogP contribution >= 0.6 is 0 Å². The van der Waals surface area contributed by atoms with Crippen molar-refractivity contribution in [2.75, 3.05) is 56.9 Å². The number of rotatable bonds is 5. The van der Waals surface area contributed by atoms with Crippen molar-refractivity contribution < 1.29 is 0 Å². The zero-order chi connectivity index (χ0) is 11.9. The molecule has 1 aliphatic heterocycles. The van der Waals surface area contributed by atoms with Crippen LogP contribution in [0.5, 0.6) is 0 Å². The van der Waals surface area contributed by atoms with Gasteiger partial charge in [0, 0.05) is 52.4 Å². The lowest BCUT2D eigenvalue weighted by Crippen LogP contribution is -2.45. The van der Waals surface area contributed by atoms with Crippen LogP contribution in [0.1, 0.15) is 0 Å². The van der Waals surface area contributed by atoms with Crippen molar-refractivity contribution in [3.63, 3.8) is 0 Å². The maximum Gasteiger partial charge on any atom is 0.131 e. The average Bonchev–Trinajstić information content (AvgIpc) is 2.40. The van der Waals surface area contributed by atoms with Gasteiger partial charge in [-0.1, -0.05) is 0 Å². The fourth-order valence-corrected chi connectivity index (χ4v) is 1.87. The van der Waals surface area contributed by atoms with Crippen LogP contribution in [0, 0.1) is 0 Å². The van der Waals surface area contributed by atoms with Crippen LogP contribution in [0.3, 0.4) is 0 Å². The molecule has 17 heavy (non-hydrogen) atoms. The van der Waals surface area contributed by atoms with Gasteiger partial charge in [0.25, 0.3) is 0 Å². The fourth-order valence-electron chi connectivity index (χ4n) is 1.87. The van der Waals surface area contributed by atoms with Gasteiger partial charge in [-0.3, -0.25) is 4.90 Å². The third-order valence-electron chi connectivity index (χ3n) is 2.87. The van der Waals surface area contributed by atoms with Crippen molar-refractivity contribution in [2.24, 2.45) is 0 Å². The number of nitrogens with zero attached hydrogens (tertiary/aromatic N) is 3. The Labute approximate surface area is 102 Å². The SMILES string of the molecule is CNc1cc(NCCN2CCNCC2)ncn1. The van der Waals surface area contributed by atoms with Gasteiger partial charge in [0.05, 0.1) is 0 Å². The Bertz CT molecular complexity index is 336. The maximum atomic E-state index is 4.18. The van der Waals surface area contributed by atoms with E-state index in [1.807, 2.05) is 13.1 Å². The van der Waals surface area contributed by atoms with E-state index in [0.29, 0.717) is 0 Å². The van der Waals surface area contributed by atoms with Gasteiger partial charge in [0.1, 0.15) is 18.0 Å². The molecule has 1 aromatic heterocycles. The van der Waals surface area contributed by atoms with Gasteiger partial charge in [0.2, 0.25) is 0 Å². The number of hydrogen-bond donors (Lipinski definition) is 3. The Hall–Kier alpha value is -1.40. The second-order valence-corrected chi connectivity index (χ2v) is 4.06. The Morgan fingerprint density at radius 2 is 2.06 bits per heavy atom. The van der Waals surface area contributed by atoms with E-state index in [0.717, 1.165) is 50.9 Å². The van der Waals surface area contributed by atoms with Crippen molar-refractivity contribution >= 4 is 11.6 Å². The van der Waals surface area contributed by atoms with E-state index in [1.165, 1.54) is 0 Å². The minimum atomic E-state index is 0.838. The molecule has 0 aliphatic carbocycles. The normalized spacial score (nSPS) is 16.8. The van der Waals surface area contributed by atoms with Gasteiger partial charge in [-0.2, -0.15) is 0 Å². The summed E-state index contributed by atoms with van der Waals surface area (Å²) in [6, 6.07) is 1.91. The molecule has 1 saturated heterocycles. The minimum absolute atomic E-state index is 0.838. The molecule has 1 aromatic rings. The molecule has 1 aliphatic rings. The van der Waals surface area contributed by atoms with Crippen LogP contribution in [0.25, 0.3) is 0 Å². The van der Waals surface area contributed by atoms with Crippen LogP contribution in [-0.2, 0) is 0 Å². The Morgan fingerprint density at radius 1 is 1.29 bits per heavy atom. The summed E-state index contributed by atoms with van der Waals surface area (Å²) < 4.78 is 0. The van der Waals surface area contributed by atoms with E-state index in [1.54, 1.807) is 6.33 Å². The number of aromatic nitrogens is 2. The second-order valence-electron chi connectivity index (χ2n) is 4.06. The molecule has 0 aromatic carbocycles. The van der Waals surface area contributed by atoms with Gasteiger partial charge in [0.15, 0.2) is 0 Å². The van der Waals surface area contributed by atoms with Gasteiger partial charge < -0.3 is 16.0 Å². The quantitative estimate of drug-likeness (QED) is 0.660. The Morgan fingerprint density at radius 3 is 2.82 bits per heavy atom. The van der Waals surface area contributed by atoms with E-state index in [9.17, 15) is 0 Å². The summed E-state index contributed by atoms with van der Waals surface area (Å²) in [7, 11) is 1.85. The lowest BCUT2D eigenvalue weighted by molar-refractivity contribution is 0.249. The molecule has 0 unspecified atom stereocenters. The molecule has 0 amide bonds. The maximum absolute atomic E-state index is 4.18. The first kappa shape index (κ1) is 12.1. The van der Waals surface area contributed by atoms with Crippen LogP contribution in [0.15, 0.2) is 12.4 Å². The first-order valence-electron chi connectivity index (χ1n) is 6.05. The predicted molar refractivity (Wildman–Crippen MR) is 69.4 cm³/mol. The summed E-state index contributed by atoms with van der Waals surface area (Å²) in [6.07, 6.45) is 1.57. The molecule has 2 heterocycles. The van der Waals surface area contributed by atoms with E-state index in [2.05, 4.69) is 30.8 Å². The van der Waals surface area contributed by atoms with Crippen molar-refractivity contribution in [2.45, 2.75) is 0 Å². The van der Waals surface area contributed by atoms with Crippen LogP contribution in [0.4, 0.5) is 11.6 Å². The highest BCUT2D eigenvalue weighted by Gasteiger charge is 2.08. The number of nitrogens with one attached hydrogen (secondary N) is 3.